The number of carbonyl (C=O) groups excluding carboxylic acids is 1. The molecule has 2 aromatic rings. The molecule has 0 radical (unpaired) electrons. The lowest BCUT2D eigenvalue weighted by molar-refractivity contribution is -0.116. The van der Waals surface area contributed by atoms with Crippen LogP contribution < -0.4 is 16.0 Å². The molecular formula is C21H24F2N4O. The van der Waals surface area contributed by atoms with Crippen molar-refractivity contribution in [2.75, 3.05) is 25.5 Å². The second-order valence-electron chi connectivity index (χ2n) is 6.94. The van der Waals surface area contributed by atoms with Gasteiger partial charge in [-0.1, -0.05) is 31.2 Å². The number of anilines is 1. The first kappa shape index (κ1) is 19.8. The van der Waals surface area contributed by atoms with Crippen LogP contribution in [0.1, 0.15) is 36.3 Å². The number of carbonyl (C=O) groups is 1. The third-order valence-electron chi connectivity index (χ3n) is 4.92. The Kier molecular flexibility index (Phi) is 6.23. The quantitative estimate of drug-likeness (QED) is 0.545. The van der Waals surface area contributed by atoms with E-state index in [0.29, 0.717) is 31.0 Å². The van der Waals surface area contributed by atoms with Gasteiger partial charge in [-0.25, -0.2) is 8.78 Å². The minimum absolute atomic E-state index is 0.00569. The van der Waals surface area contributed by atoms with Crippen LogP contribution in [0.5, 0.6) is 0 Å². The van der Waals surface area contributed by atoms with Crippen LogP contribution in [0.2, 0.25) is 0 Å². The smallest absolute Gasteiger partial charge is 0.225 e. The Morgan fingerprint density at radius 3 is 2.79 bits per heavy atom. The van der Waals surface area contributed by atoms with Gasteiger partial charge in [0.1, 0.15) is 11.6 Å². The number of benzene rings is 2. The van der Waals surface area contributed by atoms with Gasteiger partial charge in [-0.15, -0.1) is 0 Å². The molecule has 0 aromatic heterocycles. The van der Waals surface area contributed by atoms with E-state index in [4.69, 9.17) is 0 Å². The Morgan fingerprint density at radius 1 is 1.25 bits per heavy atom. The summed E-state index contributed by atoms with van der Waals surface area (Å²) in [5.74, 6) is -0.708. The number of nitrogens with one attached hydrogen (secondary N) is 3. The van der Waals surface area contributed by atoms with Crippen molar-refractivity contribution in [3.8, 4) is 0 Å². The van der Waals surface area contributed by atoms with Crippen LogP contribution in [0, 0.1) is 11.6 Å². The number of halogens is 2. The summed E-state index contributed by atoms with van der Waals surface area (Å²) in [4.78, 5) is 16.1. The van der Waals surface area contributed by atoms with Gasteiger partial charge in [0.05, 0.1) is 0 Å². The summed E-state index contributed by atoms with van der Waals surface area (Å²) in [6.07, 6.45) is 0.401. The number of hydrogen-bond acceptors (Lipinski definition) is 2. The van der Waals surface area contributed by atoms with Crippen LogP contribution in [0.4, 0.5) is 14.5 Å². The summed E-state index contributed by atoms with van der Waals surface area (Å²) in [7, 11) is 1.65. The van der Waals surface area contributed by atoms with Crippen LogP contribution in [0.3, 0.4) is 0 Å². The predicted octanol–water partition coefficient (Wildman–Crippen LogP) is 3.36. The number of para-hydroxylation sites is 1. The molecular weight excluding hydrogens is 362 g/mol. The number of amides is 1. The summed E-state index contributed by atoms with van der Waals surface area (Å²) >= 11 is 0. The molecule has 1 heterocycles. The van der Waals surface area contributed by atoms with Crippen molar-refractivity contribution in [3.63, 3.8) is 0 Å². The SMILES string of the molecule is CN=C(NCC(C)c1ccc(F)cc1F)NCC1CC(=O)Nc2ccccc21. The van der Waals surface area contributed by atoms with E-state index in [9.17, 15) is 13.6 Å². The van der Waals surface area contributed by atoms with Gasteiger partial charge in [-0.3, -0.25) is 9.79 Å². The van der Waals surface area contributed by atoms with E-state index in [2.05, 4.69) is 20.9 Å². The van der Waals surface area contributed by atoms with E-state index in [0.717, 1.165) is 17.3 Å². The van der Waals surface area contributed by atoms with Gasteiger partial charge in [-0.2, -0.15) is 0 Å². The Bertz CT molecular complexity index is 884. The Hall–Kier alpha value is -2.96. The average molecular weight is 386 g/mol. The minimum atomic E-state index is -0.587. The first-order valence-electron chi connectivity index (χ1n) is 9.26. The number of aliphatic imine (C=N–C) groups is 1. The molecule has 0 aliphatic carbocycles. The van der Waals surface area contributed by atoms with Gasteiger partial charge in [-0.05, 0) is 23.3 Å². The Labute approximate surface area is 163 Å². The maximum Gasteiger partial charge on any atom is 0.225 e. The molecule has 1 aliphatic rings. The van der Waals surface area contributed by atoms with Crippen LogP contribution in [0.25, 0.3) is 0 Å². The number of hydrogen-bond donors (Lipinski definition) is 3. The summed E-state index contributed by atoms with van der Waals surface area (Å²) in [5, 5.41) is 9.28. The Morgan fingerprint density at radius 2 is 2.04 bits per heavy atom. The lowest BCUT2D eigenvalue weighted by Crippen LogP contribution is -2.42. The van der Waals surface area contributed by atoms with Crippen LogP contribution in [-0.4, -0.2) is 32.0 Å². The fourth-order valence-electron chi connectivity index (χ4n) is 3.39. The number of fused-ring (bicyclic) bond motifs is 1. The molecule has 1 amide bonds. The van der Waals surface area contributed by atoms with Crippen molar-refractivity contribution in [2.24, 2.45) is 4.99 Å². The number of guanidine groups is 1. The second-order valence-corrected chi connectivity index (χ2v) is 6.94. The van der Waals surface area contributed by atoms with Gasteiger partial charge >= 0.3 is 0 Å². The zero-order valence-corrected chi connectivity index (χ0v) is 15.9. The van der Waals surface area contributed by atoms with Crippen molar-refractivity contribution in [2.45, 2.75) is 25.2 Å². The van der Waals surface area contributed by atoms with E-state index in [1.807, 2.05) is 31.2 Å². The maximum atomic E-state index is 13.9. The standard InChI is InChI=1S/C21H24F2N4O/c1-13(16-8-7-15(22)10-18(16)23)11-25-21(24-2)26-12-14-9-20(28)27-19-6-4-3-5-17(14)19/h3-8,10,13-14H,9,11-12H2,1-2H3,(H,27,28)(H2,24,25,26). The van der Waals surface area contributed by atoms with Crippen molar-refractivity contribution in [1.29, 1.82) is 0 Å². The molecule has 0 saturated carbocycles. The number of rotatable bonds is 5. The predicted molar refractivity (Wildman–Crippen MR) is 107 cm³/mol. The highest BCUT2D eigenvalue weighted by atomic mass is 19.1. The molecule has 28 heavy (non-hydrogen) atoms. The number of nitrogens with zero attached hydrogens (tertiary/aromatic N) is 1. The molecule has 148 valence electrons. The normalized spacial score (nSPS) is 17.5. The van der Waals surface area contributed by atoms with Gasteiger partial charge in [0.15, 0.2) is 5.96 Å². The molecule has 1 aliphatic heterocycles. The zero-order chi connectivity index (χ0) is 20.1. The molecule has 3 N–H and O–H groups in total. The largest absolute Gasteiger partial charge is 0.356 e. The molecule has 0 fully saturated rings. The van der Waals surface area contributed by atoms with E-state index in [-0.39, 0.29) is 17.7 Å². The molecule has 5 nitrogen and oxygen atoms in total. The van der Waals surface area contributed by atoms with Gasteiger partial charge < -0.3 is 16.0 Å². The Balaban J connectivity index is 1.57. The van der Waals surface area contributed by atoms with Gasteiger partial charge in [0, 0.05) is 50.1 Å². The fraction of sp³-hybridized carbons (Fsp3) is 0.333. The van der Waals surface area contributed by atoms with Crippen LogP contribution >= 0.6 is 0 Å². The molecule has 0 spiro atoms. The minimum Gasteiger partial charge on any atom is -0.356 e. The highest BCUT2D eigenvalue weighted by molar-refractivity contribution is 5.94. The average Bonchev–Trinajstić information content (AvgIpc) is 2.67. The van der Waals surface area contributed by atoms with E-state index in [1.54, 1.807) is 7.05 Å². The van der Waals surface area contributed by atoms with Crippen molar-refractivity contribution >= 4 is 17.6 Å². The van der Waals surface area contributed by atoms with Gasteiger partial charge in [0.2, 0.25) is 5.91 Å². The van der Waals surface area contributed by atoms with Crippen molar-refractivity contribution in [1.82, 2.24) is 10.6 Å². The fourth-order valence-corrected chi connectivity index (χ4v) is 3.39. The summed E-state index contributed by atoms with van der Waals surface area (Å²) in [6.45, 7) is 2.84. The highest BCUT2D eigenvalue weighted by Gasteiger charge is 2.24. The second kappa shape index (κ2) is 8.82. The lowest BCUT2D eigenvalue weighted by atomic mass is 9.90. The zero-order valence-electron chi connectivity index (χ0n) is 15.9. The van der Waals surface area contributed by atoms with E-state index in [1.165, 1.54) is 12.1 Å². The van der Waals surface area contributed by atoms with Crippen molar-refractivity contribution < 1.29 is 13.6 Å². The topological polar surface area (TPSA) is 65.5 Å². The lowest BCUT2D eigenvalue weighted by Gasteiger charge is -2.26. The third-order valence-corrected chi connectivity index (χ3v) is 4.92. The van der Waals surface area contributed by atoms with Crippen molar-refractivity contribution in [3.05, 3.63) is 65.2 Å². The molecule has 0 bridgehead atoms. The first-order valence-corrected chi connectivity index (χ1v) is 9.26. The maximum absolute atomic E-state index is 13.9. The van der Waals surface area contributed by atoms with E-state index < -0.39 is 11.6 Å². The molecule has 2 aromatic carbocycles. The van der Waals surface area contributed by atoms with Crippen LogP contribution in [-0.2, 0) is 4.79 Å². The molecule has 3 rings (SSSR count). The summed E-state index contributed by atoms with van der Waals surface area (Å²) < 4.78 is 27.0. The molecule has 7 heteroatoms. The molecule has 2 unspecified atom stereocenters. The summed E-state index contributed by atoms with van der Waals surface area (Å²) in [6, 6.07) is 11.4. The van der Waals surface area contributed by atoms with E-state index >= 15 is 0 Å². The monoisotopic (exact) mass is 386 g/mol. The first-order chi connectivity index (χ1) is 13.5. The third kappa shape index (κ3) is 4.65. The summed E-state index contributed by atoms with van der Waals surface area (Å²) in [5.41, 5.74) is 2.38. The molecule has 0 saturated heterocycles. The highest BCUT2D eigenvalue weighted by Crippen LogP contribution is 2.31. The van der Waals surface area contributed by atoms with Crippen LogP contribution in [0.15, 0.2) is 47.5 Å². The molecule has 2 atom stereocenters. The van der Waals surface area contributed by atoms with Gasteiger partial charge in [0.25, 0.3) is 0 Å².